The summed E-state index contributed by atoms with van der Waals surface area (Å²) < 4.78 is 5.52. The third kappa shape index (κ3) is 4.52. The molecule has 104 valence electrons. The van der Waals surface area contributed by atoms with Gasteiger partial charge in [-0.05, 0) is 43.7 Å². The summed E-state index contributed by atoms with van der Waals surface area (Å²) in [5, 5.41) is 14.0. The fourth-order valence-electron chi connectivity index (χ4n) is 1.88. The average Bonchev–Trinajstić information content (AvgIpc) is 3.17. The van der Waals surface area contributed by atoms with Crippen molar-refractivity contribution in [3.8, 4) is 0 Å². The average molecular weight is 264 g/mol. The molecule has 1 N–H and O–H groups in total. The van der Waals surface area contributed by atoms with Crippen molar-refractivity contribution >= 4 is 11.4 Å². The molecule has 5 heteroatoms. The first-order chi connectivity index (χ1) is 9.16. The van der Waals surface area contributed by atoms with Crippen LogP contribution in [0.2, 0.25) is 0 Å². The van der Waals surface area contributed by atoms with Gasteiger partial charge in [-0.25, -0.2) is 0 Å². The van der Waals surface area contributed by atoms with E-state index in [1.54, 1.807) is 12.1 Å². The van der Waals surface area contributed by atoms with Gasteiger partial charge >= 0.3 is 0 Å². The molecule has 1 aromatic rings. The molecule has 0 saturated heterocycles. The summed E-state index contributed by atoms with van der Waals surface area (Å²) in [6.07, 6.45) is 3.46. The smallest absolute Gasteiger partial charge is 0.292 e. The van der Waals surface area contributed by atoms with Crippen LogP contribution in [0.15, 0.2) is 18.2 Å². The van der Waals surface area contributed by atoms with Crippen molar-refractivity contribution in [2.45, 2.75) is 26.2 Å². The van der Waals surface area contributed by atoms with Gasteiger partial charge in [-0.3, -0.25) is 10.1 Å². The first kappa shape index (κ1) is 13.8. The van der Waals surface area contributed by atoms with Gasteiger partial charge in [-0.15, -0.1) is 0 Å². The molecule has 0 radical (unpaired) electrons. The maximum Gasteiger partial charge on any atom is 0.292 e. The lowest BCUT2D eigenvalue weighted by Crippen LogP contribution is -2.08. The first-order valence-corrected chi connectivity index (χ1v) is 6.73. The van der Waals surface area contributed by atoms with Crippen LogP contribution in [-0.2, 0) is 4.74 Å². The van der Waals surface area contributed by atoms with Gasteiger partial charge in [0.15, 0.2) is 0 Å². The van der Waals surface area contributed by atoms with Gasteiger partial charge in [0.05, 0.1) is 4.92 Å². The highest BCUT2D eigenvalue weighted by Crippen LogP contribution is 2.28. The van der Waals surface area contributed by atoms with Crippen LogP contribution in [0.5, 0.6) is 0 Å². The number of anilines is 1. The predicted molar refractivity (Wildman–Crippen MR) is 74.5 cm³/mol. The molecule has 1 aliphatic carbocycles. The minimum Gasteiger partial charge on any atom is -0.381 e. The van der Waals surface area contributed by atoms with Crippen LogP contribution in [0.1, 0.15) is 24.8 Å². The van der Waals surface area contributed by atoms with Crippen LogP contribution in [0, 0.1) is 23.0 Å². The number of nitro benzene ring substituents is 1. The number of aryl methyl sites for hydroxylation is 1. The van der Waals surface area contributed by atoms with E-state index in [0.29, 0.717) is 18.8 Å². The van der Waals surface area contributed by atoms with Crippen molar-refractivity contribution in [3.05, 3.63) is 33.9 Å². The maximum atomic E-state index is 10.9. The van der Waals surface area contributed by atoms with E-state index in [2.05, 4.69) is 5.32 Å². The molecule has 0 unspecified atom stereocenters. The number of nitro groups is 1. The van der Waals surface area contributed by atoms with Crippen molar-refractivity contribution in [2.75, 3.05) is 25.1 Å². The molecule has 1 aromatic carbocycles. The van der Waals surface area contributed by atoms with Gasteiger partial charge in [-0.2, -0.15) is 0 Å². The van der Waals surface area contributed by atoms with Gasteiger partial charge < -0.3 is 10.1 Å². The number of benzene rings is 1. The molecule has 0 atom stereocenters. The zero-order chi connectivity index (χ0) is 13.7. The van der Waals surface area contributed by atoms with Gasteiger partial charge in [0.2, 0.25) is 0 Å². The maximum absolute atomic E-state index is 10.9. The van der Waals surface area contributed by atoms with Crippen molar-refractivity contribution < 1.29 is 9.66 Å². The van der Waals surface area contributed by atoms with Crippen LogP contribution in [0.3, 0.4) is 0 Å². The summed E-state index contributed by atoms with van der Waals surface area (Å²) in [4.78, 5) is 10.5. The Labute approximate surface area is 113 Å². The number of hydrogen-bond donors (Lipinski definition) is 1. The Morgan fingerprint density at radius 1 is 1.47 bits per heavy atom. The van der Waals surface area contributed by atoms with Crippen LogP contribution < -0.4 is 5.32 Å². The molecule has 1 aliphatic rings. The number of ether oxygens (including phenoxy) is 1. The van der Waals surface area contributed by atoms with E-state index in [-0.39, 0.29) is 10.6 Å². The van der Waals surface area contributed by atoms with Crippen molar-refractivity contribution in [2.24, 2.45) is 5.92 Å². The normalized spacial score (nSPS) is 14.4. The number of nitrogens with zero attached hydrogens (tertiary/aromatic N) is 1. The van der Waals surface area contributed by atoms with E-state index < -0.39 is 0 Å². The highest BCUT2D eigenvalue weighted by molar-refractivity contribution is 5.62. The Morgan fingerprint density at radius 3 is 2.95 bits per heavy atom. The fourth-order valence-corrected chi connectivity index (χ4v) is 1.88. The Balaban J connectivity index is 1.74. The van der Waals surface area contributed by atoms with Crippen LogP contribution in [0.4, 0.5) is 11.4 Å². The largest absolute Gasteiger partial charge is 0.381 e. The lowest BCUT2D eigenvalue weighted by atomic mass is 10.2. The second-order valence-corrected chi connectivity index (χ2v) is 5.08. The lowest BCUT2D eigenvalue weighted by Gasteiger charge is -2.08. The van der Waals surface area contributed by atoms with Gasteiger partial charge in [-0.1, -0.05) is 6.07 Å². The van der Waals surface area contributed by atoms with E-state index in [4.69, 9.17) is 4.74 Å². The SMILES string of the molecule is Cc1ccc([N+](=O)[O-])c(NCCCOCC2CC2)c1. The third-order valence-corrected chi connectivity index (χ3v) is 3.18. The second kappa shape index (κ2) is 6.52. The quantitative estimate of drug-likeness (QED) is 0.445. The molecule has 0 heterocycles. The molecular formula is C14H20N2O3. The first-order valence-electron chi connectivity index (χ1n) is 6.73. The lowest BCUT2D eigenvalue weighted by molar-refractivity contribution is -0.384. The molecule has 5 nitrogen and oxygen atoms in total. The summed E-state index contributed by atoms with van der Waals surface area (Å²) >= 11 is 0. The summed E-state index contributed by atoms with van der Waals surface area (Å²) in [5.41, 5.74) is 1.73. The fraction of sp³-hybridized carbons (Fsp3) is 0.571. The Kier molecular flexibility index (Phi) is 4.74. The van der Waals surface area contributed by atoms with Crippen molar-refractivity contribution in [1.82, 2.24) is 0 Å². The zero-order valence-electron chi connectivity index (χ0n) is 11.2. The summed E-state index contributed by atoms with van der Waals surface area (Å²) in [5.74, 6) is 0.783. The standard InChI is InChI=1S/C14H20N2O3/c1-11-3-6-14(16(17)18)13(9-11)15-7-2-8-19-10-12-4-5-12/h3,6,9,12,15H,2,4-5,7-8,10H2,1H3. The minimum absolute atomic E-state index is 0.129. The second-order valence-electron chi connectivity index (χ2n) is 5.08. The Hall–Kier alpha value is -1.62. The topological polar surface area (TPSA) is 64.4 Å². The van der Waals surface area contributed by atoms with E-state index in [1.807, 2.05) is 13.0 Å². The summed E-state index contributed by atoms with van der Waals surface area (Å²) in [7, 11) is 0. The highest BCUT2D eigenvalue weighted by Gasteiger charge is 2.20. The van der Waals surface area contributed by atoms with Crippen molar-refractivity contribution in [3.63, 3.8) is 0 Å². The predicted octanol–water partition coefficient (Wildman–Crippen LogP) is 3.13. The van der Waals surface area contributed by atoms with Crippen LogP contribution >= 0.6 is 0 Å². The van der Waals surface area contributed by atoms with E-state index in [1.165, 1.54) is 12.8 Å². The Bertz CT molecular complexity index is 444. The monoisotopic (exact) mass is 264 g/mol. The van der Waals surface area contributed by atoms with Gasteiger partial charge in [0, 0.05) is 25.8 Å². The molecule has 0 spiro atoms. The molecule has 1 fully saturated rings. The molecular weight excluding hydrogens is 244 g/mol. The van der Waals surface area contributed by atoms with Gasteiger partial charge in [0.1, 0.15) is 5.69 Å². The molecule has 0 amide bonds. The molecule has 0 aromatic heterocycles. The minimum atomic E-state index is -0.356. The van der Waals surface area contributed by atoms with Crippen LogP contribution in [0.25, 0.3) is 0 Å². The molecule has 19 heavy (non-hydrogen) atoms. The number of rotatable bonds is 8. The number of hydrogen-bond acceptors (Lipinski definition) is 4. The van der Waals surface area contributed by atoms with E-state index in [9.17, 15) is 10.1 Å². The molecule has 0 aliphatic heterocycles. The molecule has 1 saturated carbocycles. The zero-order valence-corrected chi connectivity index (χ0v) is 11.2. The highest BCUT2D eigenvalue weighted by atomic mass is 16.6. The van der Waals surface area contributed by atoms with E-state index >= 15 is 0 Å². The summed E-state index contributed by atoms with van der Waals surface area (Å²) in [6, 6.07) is 5.10. The van der Waals surface area contributed by atoms with Crippen LogP contribution in [-0.4, -0.2) is 24.7 Å². The molecule has 2 rings (SSSR count). The number of nitrogens with one attached hydrogen (secondary N) is 1. The Morgan fingerprint density at radius 2 is 2.26 bits per heavy atom. The third-order valence-electron chi connectivity index (χ3n) is 3.18. The van der Waals surface area contributed by atoms with Gasteiger partial charge in [0.25, 0.3) is 5.69 Å². The van der Waals surface area contributed by atoms with E-state index in [0.717, 1.165) is 24.5 Å². The van der Waals surface area contributed by atoms with Crippen molar-refractivity contribution in [1.29, 1.82) is 0 Å². The summed E-state index contributed by atoms with van der Waals surface area (Å²) in [6.45, 7) is 4.19. The molecule has 0 bridgehead atoms.